The van der Waals surface area contributed by atoms with Crippen LogP contribution < -0.4 is 5.32 Å². The van der Waals surface area contributed by atoms with E-state index in [1.165, 1.54) is 5.56 Å². The number of morpholine rings is 1. The van der Waals surface area contributed by atoms with Gasteiger partial charge in [-0.25, -0.2) is 4.79 Å². The first-order valence-corrected chi connectivity index (χ1v) is 7.76. The molecular weight excluding hydrogens is 280 g/mol. The zero-order valence-electron chi connectivity index (χ0n) is 13.7. The highest BCUT2D eigenvalue weighted by Gasteiger charge is 2.24. The van der Waals surface area contributed by atoms with Crippen LogP contribution in [0.3, 0.4) is 0 Å². The van der Waals surface area contributed by atoms with Crippen molar-refractivity contribution in [1.82, 2.24) is 10.2 Å². The summed E-state index contributed by atoms with van der Waals surface area (Å²) in [5.74, 6) is 0. The number of hydrogen-bond donors (Lipinski definition) is 1. The van der Waals surface area contributed by atoms with Crippen LogP contribution >= 0.6 is 0 Å². The second-order valence-corrected chi connectivity index (χ2v) is 6.57. The van der Waals surface area contributed by atoms with Crippen LogP contribution in [-0.2, 0) is 16.0 Å². The first-order valence-electron chi connectivity index (χ1n) is 7.76. The fourth-order valence-electron chi connectivity index (χ4n) is 2.42. The smallest absolute Gasteiger partial charge is 0.407 e. The number of carbonyl (C=O) groups is 1. The van der Waals surface area contributed by atoms with E-state index in [0.717, 1.165) is 19.7 Å². The van der Waals surface area contributed by atoms with Crippen LogP contribution in [-0.4, -0.2) is 48.9 Å². The van der Waals surface area contributed by atoms with E-state index in [9.17, 15) is 4.79 Å². The highest BCUT2D eigenvalue weighted by atomic mass is 16.6. The molecule has 1 aromatic rings. The number of hydrogen-bond acceptors (Lipinski definition) is 4. The first kappa shape index (κ1) is 16.8. The summed E-state index contributed by atoms with van der Waals surface area (Å²) in [5, 5.41) is 2.84. The summed E-state index contributed by atoms with van der Waals surface area (Å²) in [6.45, 7) is 9.20. The van der Waals surface area contributed by atoms with Gasteiger partial charge >= 0.3 is 6.09 Å². The third kappa shape index (κ3) is 5.66. The largest absolute Gasteiger partial charge is 0.444 e. The summed E-state index contributed by atoms with van der Waals surface area (Å²) in [5.41, 5.74) is 0.795. The molecule has 0 radical (unpaired) electrons. The van der Waals surface area contributed by atoms with E-state index in [1.807, 2.05) is 39.0 Å². The van der Waals surface area contributed by atoms with E-state index < -0.39 is 5.60 Å². The van der Waals surface area contributed by atoms with E-state index in [-0.39, 0.29) is 12.1 Å². The Morgan fingerprint density at radius 3 is 2.77 bits per heavy atom. The summed E-state index contributed by atoms with van der Waals surface area (Å²) in [6, 6.07) is 10.5. The maximum atomic E-state index is 11.8. The average Bonchev–Trinajstić information content (AvgIpc) is 2.46. The molecule has 1 aromatic carbocycles. The van der Waals surface area contributed by atoms with E-state index in [0.29, 0.717) is 13.2 Å². The van der Waals surface area contributed by atoms with Crippen molar-refractivity contribution in [2.45, 2.75) is 39.0 Å². The van der Waals surface area contributed by atoms with Crippen molar-refractivity contribution < 1.29 is 14.3 Å². The van der Waals surface area contributed by atoms with Crippen LogP contribution in [0.1, 0.15) is 26.3 Å². The number of amides is 1. The van der Waals surface area contributed by atoms with Gasteiger partial charge in [-0.1, -0.05) is 30.3 Å². The molecule has 5 nitrogen and oxygen atoms in total. The molecule has 1 fully saturated rings. The molecule has 1 saturated heterocycles. The minimum Gasteiger partial charge on any atom is -0.444 e. The second kappa shape index (κ2) is 7.61. The van der Waals surface area contributed by atoms with E-state index in [1.54, 1.807) is 0 Å². The van der Waals surface area contributed by atoms with Gasteiger partial charge in [0.2, 0.25) is 0 Å². The van der Waals surface area contributed by atoms with Gasteiger partial charge in [-0.15, -0.1) is 0 Å². The maximum absolute atomic E-state index is 11.8. The molecule has 1 N–H and O–H groups in total. The minimum atomic E-state index is -0.475. The van der Waals surface area contributed by atoms with Gasteiger partial charge in [0.05, 0.1) is 19.3 Å². The lowest BCUT2D eigenvalue weighted by Gasteiger charge is -2.35. The zero-order valence-corrected chi connectivity index (χ0v) is 13.7. The van der Waals surface area contributed by atoms with Gasteiger partial charge in [-0.2, -0.15) is 0 Å². The second-order valence-electron chi connectivity index (χ2n) is 6.57. The molecular formula is C17H26N2O3. The van der Waals surface area contributed by atoms with E-state index in [2.05, 4.69) is 22.3 Å². The van der Waals surface area contributed by atoms with Gasteiger partial charge in [0.15, 0.2) is 0 Å². The van der Waals surface area contributed by atoms with Crippen LogP contribution in [0.15, 0.2) is 30.3 Å². The van der Waals surface area contributed by atoms with Gasteiger partial charge in [0, 0.05) is 19.6 Å². The number of nitrogens with one attached hydrogen (secondary N) is 1. The molecule has 0 saturated carbocycles. The third-order valence-corrected chi connectivity index (χ3v) is 3.46. The Bertz CT molecular complexity index is 471. The Labute approximate surface area is 132 Å². The molecule has 1 heterocycles. The lowest BCUT2D eigenvalue weighted by molar-refractivity contribution is -0.0125. The summed E-state index contributed by atoms with van der Waals surface area (Å²) in [4.78, 5) is 14.1. The van der Waals surface area contributed by atoms with Crippen molar-refractivity contribution in [2.75, 3.05) is 26.3 Å². The molecule has 22 heavy (non-hydrogen) atoms. The van der Waals surface area contributed by atoms with Crippen molar-refractivity contribution in [2.24, 2.45) is 0 Å². The molecule has 1 atom stereocenters. The van der Waals surface area contributed by atoms with Gasteiger partial charge in [-0.05, 0) is 26.3 Å². The molecule has 1 amide bonds. The van der Waals surface area contributed by atoms with Crippen molar-refractivity contribution >= 4 is 6.09 Å². The molecule has 0 spiro atoms. The maximum Gasteiger partial charge on any atom is 0.407 e. The molecule has 1 aliphatic heterocycles. The highest BCUT2D eigenvalue weighted by molar-refractivity contribution is 5.67. The van der Waals surface area contributed by atoms with E-state index >= 15 is 0 Å². The van der Waals surface area contributed by atoms with Crippen molar-refractivity contribution in [1.29, 1.82) is 0 Å². The third-order valence-electron chi connectivity index (χ3n) is 3.46. The normalized spacial score (nSPS) is 19.7. The van der Waals surface area contributed by atoms with E-state index in [4.69, 9.17) is 9.47 Å². The summed E-state index contributed by atoms with van der Waals surface area (Å²) in [7, 11) is 0. The molecule has 0 aliphatic carbocycles. The minimum absolute atomic E-state index is 0.168. The fraction of sp³-hybridized carbons (Fsp3) is 0.588. The Morgan fingerprint density at radius 1 is 1.36 bits per heavy atom. The quantitative estimate of drug-likeness (QED) is 0.928. The number of nitrogens with zero attached hydrogens (tertiary/aromatic N) is 1. The average molecular weight is 306 g/mol. The van der Waals surface area contributed by atoms with Crippen LogP contribution in [0.4, 0.5) is 4.79 Å². The molecule has 0 aromatic heterocycles. The lowest BCUT2D eigenvalue weighted by Crippen LogP contribution is -2.51. The predicted molar refractivity (Wildman–Crippen MR) is 85.7 cm³/mol. The SMILES string of the molecule is CC(C)(C)OC(=O)NC[C@H]1COCCN1Cc1ccccc1. The molecule has 2 rings (SSSR count). The highest BCUT2D eigenvalue weighted by Crippen LogP contribution is 2.12. The molecule has 0 bridgehead atoms. The summed E-state index contributed by atoms with van der Waals surface area (Å²) >= 11 is 0. The first-order chi connectivity index (χ1) is 10.4. The van der Waals surface area contributed by atoms with Crippen LogP contribution in [0, 0.1) is 0 Å². The Balaban J connectivity index is 1.86. The number of rotatable bonds is 4. The van der Waals surface area contributed by atoms with Crippen LogP contribution in [0.25, 0.3) is 0 Å². The van der Waals surface area contributed by atoms with Crippen LogP contribution in [0.5, 0.6) is 0 Å². The Hall–Kier alpha value is -1.59. The van der Waals surface area contributed by atoms with Gasteiger partial charge in [-0.3, -0.25) is 4.90 Å². The summed E-state index contributed by atoms with van der Waals surface area (Å²) in [6.07, 6.45) is -0.377. The molecule has 0 unspecified atom stereocenters. The fourth-order valence-corrected chi connectivity index (χ4v) is 2.42. The predicted octanol–water partition coefficient (Wildman–Crippen LogP) is 2.41. The number of alkyl carbamates (subject to hydrolysis) is 1. The zero-order chi connectivity index (χ0) is 16.0. The number of ether oxygens (including phenoxy) is 2. The van der Waals surface area contributed by atoms with Gasteiger partial charge < -0.3 is 14.8 Å². The van der Waals surface area contributed by atoms with Crippen LogP contribution in [0.2, 0.25) is 0 Å². The lowest BCUT2D eigenvalue weighted by atomic mass is 10.1. The standard InChI is InChI=1S/C17H26N2O3/c1-17(2,3)22-16(20)18-11-15-13-21-10-9-19(15)12-14-7-5-4-6-8-14/h4-8,15H,9-13H2,1-3H3,(H,18,20)/t15-/m0/s1. The topological polar surface area (TPSA) is 50.8 Å². The summed E-state index contributed by atoms with van der Waals surface area (Å²) < 4.78 is 10.8. The number of carbonyl (C=O) groups excluding carboxylic acids is 1. The molecule has 1 aliphatic rings. The molecule has 122 valence electrons. The van der Waals surface area contributed by atoms with Gasteiger partial charge in [0.1, 0.15) is 5.60 Å². The van der Waals surface area contributed by atoms with Crippen molar-refractivity contribution in [3.8, 4) is 0 Å². The monoisotopic (exact) mass is 306 g/mol. The number of benzene rings is 1. The Morgan fingerprint density at radius 2 is 2.09 bits per heavy atom. The van der Waals surface area contributed by atoms with Gasteiger partial charge in [0.25, 0.3) is 0 Å². The van der Waals surface area contributed by atoms with Crippen molar-refractivity contribution in [3.05, 3.63) is 35.9 Å². The Kier molecular flexibility index (Phi) is 5.80. The van der Waals surface area contributed by atoms with Crippen molar-refractivity contribution in [3.63, 3.8) is 0 Å². The molecule has 5 heteroatoms.